The van der Waals surface area contributed by atoms with E-state index in [0.29, 0.717) is 16.5 Å². The normalized spacial score (nSPS) is 12.7. The predicted molar refractivity (Wildman–Crippen MR) is 146 cm³/mol. The van der Waals surface area contributed by atoms with Gasteiger partial charge in [-0.05, 0) is 83.3 Å². The van der Waals surface area contributed by atoms with Gasteiger partial charge in [0.1, 0.15) is 12.3 Å². The predicted octanol–water partition coefficient (Wildman–Crippen LogP) is 4.95. The van der Waals surface area contributed by atoms with Gasteiger partial charge in [0.15, 0.2) is 0 Å². The van der Waals surface area contributed by atoms with Crippen LogP contribution in [0.4, 0.5) is 5.69 Å². The Hall–Kier alpha value is -3.88. The molecule has 0 spiro atoms. The van der Waals surface area contributed by atoms with Crippen molar-refractivity contribution in [1.82, 2.24) is 5.43 Å². The molecule has 0 heterocycles. The molecule has 7 nitrogen and oxygen atoms in total. The van der Waals surface area contributed by atoms with Gasteiger partial charge in [-0.15, -0.1) is 0 Å². The van der Waals surface area contributed by atoms with Crippen LogP contribution in [0.15, 0.2) is 88.9 Å². The lowest BCUT2D eigenvalue weighted by Crippen LogP contribution is -2.39. The topological polar surface area (TPSA) is 88.1 Å². The minimum absolute atomic E-state index is 0.0208. The molecule has 0 saturated carbocycles. The van der Waals surface area contributed by atoms with Gasteiger partial charge in [-0.3, -0.25) is 9.10 Å². The minimum atomic E-state index is -4.07. The number of nitrogens with one attached hydrogen (secondary N) is 1. The average Bonchev–Trinajstić information content (AvgIpc) is 3.34. The molecule has 0 aliphatic heterocycles. The highest BCUT2D eigenvalue weighted by molar-refractivity contribution is 7.92. The fourth-order valence-corrected chi connectivity index (χ4v) is 6.07. The van der Waals surface area contributed by atoms with Gasteiger partial charge in [0.2, 0.25) is 0 Å². The number of anilines is 1. The van der Waals surface area contributed by atoms with E-state index < -0.39 is 22.5 Å². The molecule has 4 aromatic rings. The van der Waals surface area contributed by atoms with Crippen molar-refractivity contribution in [3.05, 3.63) is 101 Å². The van der Waals surface area contributed by atoms with Gasteiger partial charge in [0.05, 0.1) is 23.9 Å². The zero-order valence-electron chi connectivity index (χ0n) is 20.0. The third kappa shape index (κ3) is 5.03. The summed E-state index contributed by atoms with van der Waals surface area (Å²) in [5.41, 5.74) is 6.28. The van der Waals surface area contributed by atoms with E-state index in [-0.39, 0.29) is 4.90 Å². The number of benzene rings is 4. The summed E-state index contributed by atoms with van der Waals surface area (Å²) in [4.78, 5) is 12.9. The molecule has 1 aliphatic rings. The SMILES string of the molecule is COc1ccc(S(=O)(=O)N(CC(=O)N/N=C\c2ccc3c4c(cccc24)CC3)c2ccc(Cl)cc2)cc1. The van der Waals surface area contributed by atoms with Crippen molar-refractivity contribution in [2.24, 2.45) is 5.10 Å². The smallest absolute Gasteiger partial charge is 0.264 e. The van der Waals surface area contributed by atoms with Gasteiger partial charge in [-0.25, -0.2) is 13.8 Å². The number of carbonyl (C=O) groups excluding carboxylic acids is 1. The van der Waals surface area contributed by atoms with E-state index in [0.717, 1.165) is 28.1 Å². The van der Waals surface area contributed by atoms with Crippen molar-refractivity contribution >= 4 is 50.2 Å². The second-order valence-corrected chi connectivity index (χ2v) is 10.9. The van der Waals surface area contributed by atoms with Crippen LogP contribution in [0.1, 0.15) is 16.7 Å². The number of methoxy groups -OCH3 is 1. The lowest BCUT2D eigenvalue weighted by Gasteiger charge is -2.23. The quantitative estimate of drug-likeness (QED) is 0.256. The Bertz CT molecular complexity index is 1590. The van der Waals surface area contributed by atoms with E-state index in [1.165, 1.54) is 35.8 Å². The third-order valence-corrected chi connectivity index (χ3v) is 8.39. The molecule has 4 aromatic carbocycles. The number of sulfonamides is 1. The summed E-state index contributed by atoms with van der Waals surface area (Å²) in [5, 5.41) is 6.90. The van der Waals surface area contributed by atoms with Gasteiger partial charge in [-0.1, -0.05) is 41.9 Å². The van der Waals surface area contributed by atoms with Gasteiger partial charge in [0.25, 0.3) is 15.9 Å². The minimum Gasteiger partial charge on any atom is -0.497 e. The molecule has 9 heteroatoms. The third-order valence-electron chi connectivity index (χ3n) is 6.35. The van der Waals surface area contributed by atoms with Crippen molar-refractivity contribution in [3.63, 3.8) is 0 Å². The first-order valence-corrected chi connectivity index (χ1v) is 13.5. The molecule has 188 valence electrons. The molecule has 0 aromatic heterocycles. The van der Waals surface area contributed by atoms with Gasteiger partial charge in [0, 0.05) is 10.6 Å². The Morgan fingerprint density at radius 2 is 1.70 bits per heavy atom. The van der Waals surface area contributed by atoms with E-state index in [2.05, 4.69) is 22.7 Å². The highest BCUT2D eigenvalue weighted by Crippen LogP contribution is 2.32. The summed E-state index contributed by atoms with van der Waals surface area (Å²) in [7, 11) is -2.58. The summed E-state index contributed by atoms with van der Waals surface area (Å²) < 4.78 is 33.1. The van der Waals surface area contributed by atoms with Crippen LogP contribution in [0, 0.1) is 0 Å². The maximum Gasteiger partial charge on any atom is 0.264 e. The zero-order chi connectivity index (χ0) is 26.0. The summed E-state index contributed by atoms with van der Waals surface area (Å²) in [6.07, 6.45) is 3.63. The number of halogens is 1. The number of hydrogen-bond acceptors (Lipinski definition) is 5. The van der Waals surface area contributed by atoms with E-state index in [1.54, 1.807) is 42.6 Å². The van der Waals surface area contributed by atoms with Crippen molar-refractivity contribution in [3.8, 4) is 5.75 Å². The van der Waals surface area contributed by atoms with Crippen LogP contribution in [-0.4, -0.2) is 34.2 Å². The molecule has 1 amide bonds. The summed E-state index contributed by atoms with van der Waals surface area (Å²) >= 11 is 6.00. The summed E-state index contributed by atoms with van der Waals surface area (Å²) in [6, 6.07) is 22.5. The maximum atomic E-state index is 13.5. The van der Waals surface area contributed by atoms with E-state index in [9.17, 15) is 13.2 Å². The molecule has 0 saturated heterocycles. The molecule has 0 radical (unpaired) electrons. The molecule has 1 N–H and O–H groups in total. The van der Waals surface area contributed by atoms with Crippen LogP contribution in [-0.2, 0) is 27.7 Å². The Balaban J connectivity index is 1.38. The zero-order valence-corrected chi connectivity index (χ0v) is 21.6. The highest BCUT2D eigenvalue weighted by atomic mass is 35.5. The monoisotopic (exact) mass is 533 g/mol. The first kappa shape index (κ1) is 24.8. The number of rotatable bonds is 8. The molecule has 37 heavy (non-hydrogen) atoms. The van der Waals surface area contributed by atoms with E-state index in [4.69, 9.17) is 16.3 Å². The molecular weight excluding hydrogens is 510 g/mol. The van der Waals surface area contributed by atoms with Crippen LogP contribution < -0.4 is 14.5 Å². The molecule has 0 unspecified atom stereocenters. The molecule has 1 aliphatic carbocycles. The van der Waals surface area contributed by atoms with E-state index >= 15 is 0 Å². The molecule has 0 bridgehead atoms. The lowest BCUT2D eigenvalue weighted by molar-refractivity contribution is -0.119. The average molecular weight is 534 g/mol. The Kier molecular flexibility index (Phi) is 6.86. The molecular formula is C28H24ClN3O4S. The van der Waals surface area contributed by atoms with Crippen molar-refractivity contribution in [2.45, 2.75) is 17.7 Å². The largest absolute Gasteiger partial charge is 0.497 e. The van der Waals surface area contributed by atoms with Crippen LogP contribution >= 0.6 is 11.6 Å². The first-order chi connectivity index (χ1) is 17.9. The molecule has 5 rings (SSSR count). The Morgan fingerprint density at radius 3 is 2.41 bits per heavy atom. The number of carbonyl (C=O) groups is 1. The number of nitrogens with zero attached hydrogens (tertiary/aromatic N) is 2. The van der Waals surface area contributed by atoms with E-state index in [1.807, 2.05) is 18.2 Å². The van der Waals surface area contributed by atoms with Crippen LogP contribution in [0.25, 0.3) is 10.8 Å². The lowest BCUT2D eigenvalue weighted by atomic mass is 10.0. The van der Waals surface area contributed by atoms with Gasteiger partial charge in [-0.2, -0.15) is 5.10 Å². The van der Waals surface area contributed by atoms with Crippen LogP contribution in [0.5, 0.6) is 5.75 Å². The Morgan fingerprint density at radius 1 is 1.00 bits per heavy atom. The highest BCUT2D eigenvalue weighted by Gasteiger charge is 2.27. The Labute approximate surface area is 220 Å². The summed E-state index contributed by atoms with van der Waals surface area (Å²) in [6.45, 7) is -0.475. The van der Waals surface area contributed by atoms with Crippen molar-refractivity contribution in [1.29, 1.82) is 0 Å². The molecule has 0 atom stereocenters. The second-order valence-electron chi connectivity index (χ2n) is 8.61. The fourth-order valence-electron chi connectivity index (χ4n) is 4.52. The number of hydrogen-bond donors (Lipinski definition) is 1. The molecule has 0 fully saturated rings. The van der Waals surface area contributed by atoms with Gasteiger partial charge >= 0.3 is 0 Å². The van der Waals surface area contributed by atoms with Crippen molar-refractivity contribution < 1.29 is 17.9 Å². The summed E-state index contributed by atoms with van der Waals surface area (Å²) in [5.74, 6) is -0.0682. The number of amides is 1. The number of hydrazone groups is 1. The first-order valence-electron chi connectivity index (χ1n) is 11.6. The fraction of sp³-hybridized carbons (Fsp3) is 0.143. The standard InChI is InChI=1S/C28H24ClN3O4S/c1-36-24-13-15-25(16-14-24)37(34,35)32(23-11-9-22(29)10-12-23)18-27(33)31-30-17-21-8-7-20-6-5-19-3-2-4-26(21)28(19)20/h2-4,7-17H,5-6,18H2,1H3,(H,31,33)/b30-17-. The number of aryl methyl sites for hydroxylation is 2. The number of ether oxygens (including phenoxy) is 1. The van der Waals surface area contributed by atoms with Crippen molar-refractivity contribution in [2.75, 3.05) is 18.0 Å². The maximum absolute atomic E-state index is 13.5. The van der Waals surface area contributed by atoms with Gasteiger partial charge < -0.3 is 4.74 Å². The second kappa shape index (κ2) is 10.2. The van der Waals surface area contributed by atoms with Crippen LogP contribution in [0.3, 0.4) is 0 Å². The van der Waals surface area contributed by atoms with Crippen LogP contribution in [0.2, 0.25) is 5.02 Å².